The number of fused-ring (bicyclic) bond motifs is 1. The first-order valence-corrected chi connectivity index (χ1v) is 7.33. The van der Waals surface area contributed by atoms with Crippen molar-refractivity contribution in [3.8, 4) is 0 Å². The zero-order valence-electron chi connectivity index (χ0n) is 11.8. The Bertz CT molecular complexity index is 547. The molecule has 2 rings (SSSR count). The average Bonchev–Trinajstić information content (AvgIpc) is 2.87. The summed E-state index contributed by atoms with van der Waals surface area (Å²) in [6.07, 6.45) is 6.37. The highest BCUT2D eigenvalue weighted by Gasteiger charge is 2.05. The number of rotatable bonds is 8. The van der Waals surface area contributed by atoms with Gasteiger partial charge in [-0.15, -0.1) is 0 Å². The smallest absolute Gasteiger partial charge is 0.220 e. The van der Waals surface area contributed by atoms with Crippen LogP contribution in [0.1, 0.15) is 31.2 Å². The van der Waals surface area contributed by atoms with Gasteiger partial charge in [0.2, 0.25) is 5.91 Å². The normalized spacial score (nSPS) is 10.8. The van der Waals surface area contributed by atoms with Crippen LogP contribution in [0.4, 0.5) is 0 Å². The SMILES string of the molecule is NCCCCNC(=O)CCCc1c[nH]c2ccccc12. The van der Waals surface area contributed by atoms with Gasteiger partial charge in [0.25, 0.3) is 0 Å². The summed E-state index contributed by atoms with van der Waals surface area (Å²) in [6, 6.07) is 8.26. The summed E-state index contributed by atoms with van der Waals surface area (Å²) < 4.78 is 0. The molecule has 0 aliphatic heterocycles. The molecule has 0 radical (unpaired) electrons. The zero-order valence-corrected chi connectivity index (χ0v) is 11.8. The van der Waals surface area contributed by atoms with Crippen LogP contribution in [-0.2, 0) is 11.2 Å². The van der Waals surface area contributed by atoms with Gasteiger partial charge in [-0.3, -0.25) is 4.79 Å². The van der Waals surface area contributed by atoms with Crippen LogP contribution in [0.3, 0.4) is 0 Å². The van der Waals surface area contributed by atoms with E-state index >= 15 is 0 Å². The van der Waals surface area contributed by atoms with Crippen molar-refractivity contribution < 1.29 is 4.79 Å². The fourth-order valence-electron chi connectivity index (χ4n) is 2.36. The molecule has 0 spiro atoms. The molecule has 1 aromatic carbocycles. The molecule has 2 aromatic rings. The Hall–Kier alpha value is -1.81. The van der Waals surface area contributed by atoms with Gasteiger partial charge < -0.3 is 16.0 Å². The second-order valence-corrected chi connectivity index (χ2v) is 5.06. The molecule has 0 saturated carbocycles. The molecule has 108 valence electrons. The standard InChI is InChI=1S/C16H23N3O/c17-10-3-4-11-18-16(20)9-5-6-13-12-19-15-8-2-1-7-14(13)15/h1-2,7-8,12,19H,3-6,9-11,17H2,(H,18,20). The van der Waals surface area contributed by atoms with Crippen molar-refractivity contribution in [2.24, 2.45) is 5.73 Å². The van der Waals surface area contributed by atoms with E-state index in [0.29, 0.717) is 13.0 Å². The highest BCUT2D eigenvalue weighted by Crippen LogP contribution is 2.19. The van der Waals surface area contributed by atoms with E-state index in [1.807, 2.05) is 18.3 Å². The Morgan fingerprint density at radius 3 is 2.90 bits per heavy atom. The van der Waals surface area contributed by atoms with Crippen LogP contribution < -0.4 is 11.1 Å². The number of unbranched alkanes of at least 4 members (excludes halogenated alkanes) is 1. The predicted octanol–water partition coefficient (Wildman–Crippen LogP) is 2.35. The summed E-state index contributed by atoms with van der Waals surface area (Å²) in [4.78, 5) is 14.9. The van der Waals surface area contributed by atoms with E-state index < -0.39 is 0 Å². The van der Waals surface area contributed by atoms with E-state index in [-0.39, 0.29) is 5.91 Å². The number of aryl methyl sites for hydroxylation is 1. The maximum Gasteiger partial charge on any atom is 0.220 e. The number of hydrogen-bond donors (Lipinski definition) is 3. The average molecular weight is 273 g/mol. The van der Waals surface area contributed by atoms with Crippen LogP contribution in [-0.4, -0.2) is 24.0 Å². The second kappa shape index (κ2) is 7.70. The largest absolute Gasteiger partial charge is 0.361 e. The lowest BCUT2D eigenvalue weighted by Gasteiger charge is -2.04. The highest BCUT2D eigenvalue weighted by atomic mass is 16.1. The minimum Gasteiger partial charge on any atom is -0.361 e. The molecule has 20 heavy (non-hydrogen) atoms. The summed E-state index contributed by atoms with van der Waals surface area (Å²) in [6.45, 7) is 1.43. The predicted molar refractivity (Wildman–Crippen MR) is 82.5 cm³/mol. The number of carbonyl (C=O) groups is 1. The monoisotopic (exact) mass is 273 g/mol. The number of amides is 1. The molecule has 0 aliphatic carbocycles. The number of carbonyl (C=O) groups excluding carboxylic acids is 1. The van der Waals surface area contributed by atoms with Gasteiger partial charge in [-0.25, -0.2) is 0 Å². The molecule has 4 N–H and O–H groups in total. The van der Waals surface area contributed by atoms with E-state index in [1.54, 1.807) is 0 Å². The fraction of sp³-hybridized carbons (Fsp3) is 0.438. The van der Waals surface area contributed by atoms with Gasteiger partial charge in [-0.2, -0.15) is 0 Å². The maximum atomic E-state index is 11.6. The molecular weight excluding hydrogens is 250 g/mol. The lowest BCUT2D eigenvalue weighted by molar-refractivity contribution is -0.121. The molecule has 0 bridgehead atoms. The number of hydrogen-bond acceptors (Lipinski definition) is 2. The fourth-order valence-corrected chi connectivity index (χ4v) is 2.36. The minimum absolute atomic E-state index is 0.141. The highest BCUT2D eigenvalue weighted by molar-refractivity contribution is 5.83. The topological polar surface area (TPSA) is 70.9 Å². The van der Waals surface area contributed by atoms with Gasteiger partial charge in [0.05, 0.1) is 0 Å². The Balaban J connectivity index is 1.71. The number of nitrogens with two attached hydrogens (primary N) is 1. The van der Waals surface area contributed by atoms with Crippen molar-refractivity contribution in [1.29, 1.82) is 0 Å². The van der Waals surface area contributed by atoms with Crippen LogP contribution in [0.2, 0.25) is 0 Å². The lowest BCUT2D eigenvalue weighted by atomic mass is 10.1. The van der Waals surface area contributed by atoms with Gasteiger partial charge in [0.15, 0.2) is 0 Å². The molecule has 0 aliphatic rings. The zero-order chi connectivity index (χ0) is 14.2. The van der Waals surface area contributed by atoms with E-state index in [0.717, 1.165) is 37.7 Å². The molecule has 1 aromatic heterocycles. The van der Waals surface area contributed by atoms with Crippen molar-refractivity contribution in [1.82, 2.24) is 10.3 Å². The summed E-state index contributed by atoms with van der Waals surface area (Å²) in [5, 5.41) is 4.19. The van der Waals surface area contributed by atoms with Crippen molar-refractivity contribution >= 4 is 16.8 Å². The Morgan fingerprint density at radius 2 is 2.05 bits per heavy atom. The first-order valence-electron chi connectivity index (χ1n) is 7.33. The van der Waals surface area contributed by atoms with Crippen molar-refractivity contribution in [2.45, 2.75) is 32.1 Å². The summed E-state index contributed by atoms with van der Waals surface area (Å²) in [7, 11) is 0. The summed E-state index contributed by atoms with van der Waals surface area (Å²) in [5.74, 6) is 0.141. The number of benzene rings is 1. The van der Waals surface area contributed by atoms with E-state index in [9.17, 15) is 4.79 Å². The summed E-state index contributed by atoms with van der Waals surface area (Å²) >= 11 is 0. The first kappa shape index (κ1) is 14.6. The van der Waals surface area contributed by atoms with Gasteiger partial charge in [0, 0.05) is 30.1 Å². The Kier molecular flexibility index (Phi) is 5.62. The van der Waals surface area contributed by atoms with Crippen LogP contribution in [0.5, 0.6) is 0 Å². The van der Waals surface area contributed by atoms with Gasteiger partial charge >= 0.3 is 0 Å². The van der Waals surface area contributed by atoms with Crippen LogP contribution >= 0.6 is 0 Å². The van der Waals surface area contributed by atoms with Crippen molar-refractivity contribution in [2.75, 3.05) is 13.1 Å². The van der Waals surface area contributed by atoms with Gasteiger partial charge in [0.1, 0.15) is 0 Å². The van der Waals surface area contributed by atoms with Crippen LogP contribution in [0.15, 0.2) is 30.5 Å². The maximum absolute atomic E-state index is 11.6. The van der Waals surface area contributed by atoms with Crippen molar-refractivity contribution in [3.63, 3.8) is 0 Å². The lowest BCUT2D eigenvalue weighted by Crippen LogP contribution is -2.24. The van der Waals surface area contributed by atoms with Crippen LogP contribution in [0.25, 0.3) is 10.9 Å². The van der Waals surface area contributed by atoms with Gasteiger partial charge in [-0.1, -0.05) is 18.2 Å². The number of para-hydroxylation sites is 1. The number of aromatic amines is 1. The quantitative estimate of drug-likeness (QED) is 0.646. The number of aromatic nitrogens is 1. The first-order chi connectivity index (χ1) is 9.81. The Morgan fingerprint density at radius 1 is 1.20 bits per heavy atom. The third-order valence-corrected chi connectivity index (χ3v) is 3.48. The molecule has 4 heteroatoms. The molecule has 1 amide bonds. The third-order valence-electron chi connectivity index (χ3n) is 3.48. The minimum atomic E-state index is 0.141. The van der Waals surface area contributed by atoms with E-state index in [4.69, 9.17) is 5.73 Å². The Labute approximate surface area is 119 Å². The molecule has 1 heterocycles. The molecule has 0 atom stereocenters. The number of H-pyrrole nitrogens is 1. The van der Waals surface area contributed by atoms with E-state index in [1.165, 1.54) is 10.9 Å². The molecule has 0 unspecified atom stereocenters. The number of nitrogens with one attached hydrogen (secondary N) is 2. The van der Waals surface area contributed by atoms with Crippen LogP contribution in [0, 0.1) is 0 Å². The molecule has 4 nitrogen and oxygen atoms in total. The van der Waals surface area contributed by atoms with Crippen molar-refractivity contribution in [3.05, 3.63) is 36.0 Å². The molecule has 0 fully saturated rings. The third kappa shape index (κ3) is 4.10. The van der Waals surface area contributed by atoms with Gasteiger partial charge in [-0.05, 0) is 43.9 Å². The molecule has 0 saturated heterocycles. The molecular formula is C16H23N3O. The summed E-state index contributed by atoms with van der Waals surface area (Å²) in [5.41, 5.74) is 7.86. The second-order valence-electron chi connectivity index (χ2n) is 5.06. The van der Waals surface area contributed by atoms with E-state index in [2.05, 4.69) is 22.4 Å².